The van der Waals surface area contributed by atoms with E-state index in [1.807, 2.05) is 11.8 Å². The number of hydrogen-bond donors (Lipinski definition) is 1. The maximum Gasteiger partial charge on any atom is 0.263 e. The quantitative estimate of drug-likeness (QED) is 0.913. The van der Waals surface area contributed by atoms with Crippen molar-refractivity contribution in [3.05, 3.63) is 28.5 Å². The summed E-state index contributed by atoms with van der Waals surface area (Å²) >= 11 is 3.23. The van der Waals surface area contributed by atoms with Crippen molar-refractivity contribution >= 4 is 21.8 Å². The first-order valence-corrected chi connectivity index (χ1v) is 7.41. The Kier molecular flexibility index (Phi) is 4.99. The van der Waals surface area contributed by atoms with Crippen LogP contribution in [-0.2, 0) is 4.79 Å². The van der Waals surface area contributed by atoms with Crippen molar-refractivity contribution < 1.29 is 13.9 Å². The molecule has 1 aromatic rings. The number of carbonyl (C=O) groups excluding carboxylic acids is 1. The number of amides is 1. The van der Waals surface area contributed by atoms with Gasteiger partial charge in [0.2, 0.25) is 0 Å². The monoisotopic (exact) mass is 344 g/mol. The van der Waals surface area contributed by atoms with Gasteiger partial charge in [0, 0.05) is 25.7 Å². The van der Waals surface area contributed by atoms with Gasteiger partial charge in [-0.15, -0.1) is 0 Å². The van der Waals surface area contributed by atoms with Crippen LogP contribution in [0.3, 0.4) is 0 Å². The number of benzene rings is 1. The molecule has 0 radical (unpaired) electrons. The van der Waals surface area contributed by atoms with Crippen molar-refractivity contribution in [2.45, 2.75) is 26.0 Å². The predicted octanol–water partition coefficient (Wildman–Crippen LogP) is 2.18. The standard InChI is InChI=1S/C14H18BrFN2O2/c1-9-8-17-5-6-18(9)14(19)10(2)20-13-4-3-11(16)7-12(13)15/h3-4,7,9-10,17H,5-6,8H2,1-2H3. The molecule has 2 rings (SSSR count). The van der Waals surface area contributed by atoms with E-state index in [4.69, 9.17) is 4.74 Å². The summed E-state index contributed by atoms with van der Waals surface area (Å²) in [5.41, 5.74) is 0. The molecule has 0 aliphatic carbocycles. The lowest BCUT2D eigenvalue weighted by atomic mass is 10.2. The van der Waals surface area contributed by atoms with Crippen LogP contribution in [0.2, 0.25) is 0 Å². The van der Waals surface area contributed by atoms with Crippen LogP contribution >= 0.6 is 15.9 Å². The Bertz CT molecular complexity index is 498. The maximum absolute atomic E-state index is 13.0. The fraction of sp³-hybridized carbons (Fsp3) is 0.500. The van der Waals surface area contributed by atoms with Crippen LogP contribution in [0.1, 0.15) is 13.8 Å². The van der Waals surface area contributed by atoms with E-state index < -0.39 is 6.10 Å². The van der Waals surface area contributed by atoms with Gasteiger partial charge in [0.1, 0.15) is 11.6 Å². The van der Waals surface area contributed by atoms with Crippen molar-refractivity contribution in [2.75, 3.05) is 19.6 Å². The summed E-state index contributed by atoms with van der Waals surface area (Å²) in [5, 5.41) is 3.24. The van der Waals surface area contributed by atoms with E-state index in [0.717, 1.165) is 13.1 Å². The summed E-state index contributed by atoms with van der Waals surface area (Å²) in [4.78, 5) is 14.2. The van der Waals surface area contributed by atoms with Crippen LogP contribution in [0.5, 0.6) is 5.75 Å². The highest BCUT2D eigenvalue weighted by molar-refractivity contribution is 9.10. The molecule has 1 heterocycles. The molecule has 0 bridgehead atoms. The average molecular weight is 345 g/mol. The summed E-state index contributed by atoms with van der Waals surface area (Å²) in [6.45, 7) is 5.98. The van der Waals surface area contributed by atoms with Crippen LogP contribution in [0.4, 0.5) is 4.39 Å². The molecule has 1 aromatic carbocycles. The van der Waals surface area contributed by atoms with Gasteiger partial charge >= 0.3 is 0 Å². The molecule has 1 fully saturated rings. The summed E-state index contributed by atoms with van der Waals surface area (Å²) in [5.74, 6) is 0.0733. The van der Waals surface area contributed by atoms with E-state index in [2.05, 4.69) is 21.2 Å². The zero-order chi connectivity index (χ0) is 14.7. The predicted molar refractivity (Wildman–Crippen MR) is 78.2 cm³/mol. The Morgan fingerprint density at radius 2 is 2.35 bits per heavy atom. The Labute approximate surface area is 126 Å². The van der Waals surface area contributed by atoms with Gasteiger partial charge in [0.25, 0.3) is 5.91 Å². The van der Waals surface area contributed by atoms with E-state index in [1.54, 1.807) is 6.92 Å². The van der Waals surface area contributed by atoms with Crippen molar-refractivity contribution in [2.24, 2.45) is 0 Å². The molecule has 1 amide bonds. The molecule has 0 saturated carbocycles. The highest BCUT2D eigenvalue weighted by atomic mass is 79.9. The number of nitrogens with zero attached hydrogens (tertiary/aromatic N) is 1. The molecule has 0 aromatic heterocycles. The molecule has 20 heavy (non-hydrogen) atoms. The highest BCUT2D eigenvalue weighted by Gasteiger charge is 2.28. The van der Waals surface area contributed by atoms with E-state index in [1.165, 1.54) is 18.2 Å². The summed E-state index contributed by atoms with van der Waals surface area (Å²) in [6.07, 6.45) is -0.600. The summed E-state index contributed by atoms with van der Waals surface area (Å²) < 4.78 is 19.2. The fourth-order valence-electron chi connectivity index (χ4n) is 2.21. The zero-order valence-electron chi connectivity index (χ0n) is 11.5. The molecule has 1 N–H and O–H groups in total. The topological polar surface area (TPSA) is 41.6 Å². The van der Waals surface area contributed by atoms with Crippen LogP contribution in [-0.4, -0.2) is 42.6 Å². The van der Waals surface area contributed by atoms with Crippen LogP contribution < -0.4 is 10.1 Å². The molecule has 1 saturated heterocycles. The minimum Gasteiger partial charge on any atom is -0.480 e. The first kappa shape index (κ1) is 15.3. The lowest BCUT2D eigenvalue weighted by molar-refractivity contribution is -0.140. The molecule has 110 valence electrons. The first-order chi connectivity index (χ1) is 9.49. The van der Waals surface area contributed by atoms with Crippen molar-refractivity contribution in [1.82, 2.24) is 10.2 Å². The maximum atomic E-state index is 13.0. The summed E-state index contributed by atoms with van der Waals surface area (Å²) in [6, 6.07) is 4.30. The van der Waals surface area contributed by atoms with Gasteiger partial charge in [-0.25, -0.2) is 4.39 Å². The molecule has 2 atom stereocenters. The number of rotatable bonds is 3. The highest BCUT2D eigenvalue weighted by Crippen LogP contribution is 2.26. The van der Waals surface area contributed by atoms with Crippen molar-refractivity contribution in [1.29, 1.82) is 0 Å². The Morgan fingerprint density at radius 3 is 3.00 bits per heavy atom. The minimum absolute atomic E-state index is 0.0461. The molecular formula is C14H18BrFN2O2. The zero-order valence-corrected chi connectivity index (χ0v) is 13.1. The van der Waals surface area contributed by atoms with E-state index in [0.29, 0.717) is 16.8 Å². The molecule has 2 unspecified atom stereocenters. The van der Waals surface area contributed by atoms with Crippen molar-refractivity contribution in [3.8, 4) is 5.75 Å². The van der Waals surface area contributed by atoms with Crippen LogP contribution in [0.25, 0.3) is 0 Å². The number of hydrogen-bond acceptors (Lipinski definition) is 3. The van der Waals surface area contributed by atoms with Crippen LogP contribution in [0.15, 0.2) is 22.7 Å². The SMILES string of the molecule is CC(Oc1ccc(F)cc1Br)C(=O)N1CCNCC1C. The minimum atomic E-state index is -0.600. The summed E-state index contributed by atoms with van der Waals surface area (Å²) in [7, 11) is 0. The lowest BCUT2D eigenvalue weighted by Crippen LogP contribution is -2.55. The van der Waals surface area contributed by atoms with E-state index in [9.17, 15) is 9.18 Å². The third kappa shape index (κ3) is 3.49. The molecule has 1 aliphatic heterocycles. The Balaban J connectivity index is 2.03. The number of halogens is 2. The van der Waals surface area contributed by atoms with Gasteiger partial charge in [0.05, 0.1) is 4.47 Å². The van der Waals surface area contributed by atoms with Crippen LogP contribution in [0, 0.1) is 5.82 Å². The smallest absolute Gasteiger partial charge is 0.263 e. The molecule has 1 aliphatic rings. The normalized spacial score (nSPS) is 20.6. The fourth-order valence-corrected chi connectivity index (χ4v) is 2.66. The Hall–Kier alpha value is -1.14. The molecular weight excluding hydrogens is 327 g/mol. The molecule has 0 spiro atoms. The second kappa shape index (κ2) is 6.54. The number of piperazine rings is 1. The lowest BCUT2D eigenvalue weighted by Gasteiger charge is -2.35. The van der Waals surface area contributed by atoms with Gasteiger partial charge in [-0.2, -0.15) is 0 Å². The van der Waals surface area contributed by atoms with E-state index >= 15 is 0 Å². The third-order valence-electron chi connectivity index (χ3n) is 3.33. The largest absolute Gasteiger partial charge is 0.480 e. The Morgan fingerprint density at radius 1 is 1.60 bits per heavy atom. The second-order valence-corrected chi connectivity index (χ2v) is 5.77. The first-order valence-electron chi connectivity index (χ1n) is 6.62. The van der Waals surface area contributed by atoms with Gasteiger partial charge in [-0.05, 0) is 48.0 Å². The van der Waals surface area contributed by atoms with E-state index in [-0.39, 0.29) is 17.8 Å². The van der Waals surface area contributed by atoms with Crippen molar-refractivity contribution in [3.63, 3.8) is 0 Å². The van der Waals surface area contributed by atoms with Gasteiger partial charge in [-0.1, -0.05) is 0 Å². The molecule has 4 nitrogen and oxygen atoms in total. The van der Waals surface area contributed by atoms with Gasteiger partial charge in [-0.3, -0.25) is 4.79 Å². The number of carbonyl (C=O) groups is 1. The molecule has 6 heteroatoms. The third-order valence-corrected chi connectivity index (χ3v) is 3.95. The van der Waals surface area contributed by atoms with Gasteiger partial charge < -0.3 is 15.0 Å². The number of ether oxygens (including phenoxy) is 1. The van der Waals surface area contributed by atoms with Gasteiger partial charge in [0.15, 0.2) is 6.10 Å². The number of nitrogens with one attached hydrogen (secondary N) is 1. The average Bonchev–Trinajstić information content (AvgIpc) is 2.41. The second-order valence-electron chi connectivity index (χ2n) is 4.92.